The van der Waals surface area contributed by atoms with Crippen molar-refractivity contribution in [1.29, 1.82) is 0 Å². The molecule has 0 unspecified atom stereocenters. The van der Waals surface area contributed by atoms with Crippen LogP contribution in [0, 0.1) is 0 Å². The van der Waals surface area contributed by atoms with E-state index in [9.17, 15) is 5.02 Å². The fourth-order valence-corrected chi connectivity index (χ4v) is 2.14. The first kappa shape index (κ1) is 9.64. The standard InChI is InChI=1S/C13H11BO2/c15-14-12-9-5-4-8-11(12)13(16-14)10-6-2-1-3-7-10/h1-9,13,15H/t13-/m1/s1. The number of hydrogen-bond donors (Lipinski definition) is 1. The molecule has 1 heterocycles. The van der Waals surface area contributed by atoms with Gasteiger partial charge in [-0.05, 0) is 16.6 Å². The minimum Gasteiger partial charge on any atom is -0.423 e. The molecule has 0 amide bonds. The molecule has 2 aromatic rings. The largest absolute Gasteiger partial charge is 0.492 e. The fourth-order valence-electron chi connectivity index (χ4n) is 2.14. The zero-order valence-corrected chi connectivity index (χ0v) is 8.71. The Morgan fingerprint density at radius 1 is 0.938 bits per heavy atom. The molecule has 78 valence electrons. The summed E-state index contributed by atoms with van der Waals surface area (Å²) in [5.41, 5.74) is 3.00. The Balaban J connectivity index is 2.07. The van der Waals surface area contributed by atoms with Crippen LogP contribution in [0.25, 0.3) is 0 Å². The molecular weight excluding hydrogens is 199 g/mol. The summed E-state index contributed by atoms with van der Waals surface area (Å²) in [6.07, 6.45) is -0.146. The smallest absolute Gasteiger partial charge is 0.423 e. The molecule has 0 saturated carbocycles. The maximum Gasteiger partial charge on any atom is 0.492 e. The summed E-state index contributed by atoms with van der Waals surface area (Å²) >= 11 is 0. The molecule has 0 aliphatic carbocycles. The van der Waals surface area contributed by atoms with Gasteiger partial charge in [-0.2, -0.15) is 0 Å². The molecule has 1 aliphatic rings. The predicted octanol–water partition coefficient (Wildman–Crippen LogP) is 1.49. The number of benzene rings is 2. The van der Waals surface area contributed by atoms with Crippen molar-refractivity contribution in [2.24, 2.45) is 0 Å². The Morgan fingerprint density at radius 2 is 1.62 bits per heavy atom. The highest BCUT2D eigenvalue weighted by atomic mass is 16.5. The van der Waals surface area contributed by atoms with Gasteiger partial charge in [0.05, 0.1) is 6.10 Å². The van der Waals surface area contributed by atoms with Crippen LogP contribution in [-0.4, -0.2) is 12.1 Å². The zero-order valence-electron chi connectivity index (χ0n) is 8.71. The molecule has 0 spiro atoms. The average Bonchev–Trinajstić information content (AvgIpc) is 2.69. The van der Waals surface area contributed by atoms with E-state index >= 15 is 0 Å². The maximum absolute atomic E-state index is 9.79. The van der Waals surface area contributed by atoms with Crippen LogP contribution in [0.1, 0.15) is 17.2 Å². The second-order valence-corrected chi connectivity index (χ2v) is 3.91. The first-order chi connectivity index (χ1) is 7.86. The molecule has 3 heteroatoms. The molecule has 0 radical (unpaired) electrons. The van der Waals surface area contributed by atoms with Gasteiger partial charge in [-0.1, -0.05) is 54.6 Å². The van der Waals surface area contributed by atoms with E-state index in [4.69, 9.17) is 4.65 Å². The van der Waals surface area contributed by atoms with E-state index in [1.165, 1.54) is 0 Å². The summed E-state index contributed by atoms with van der Waals surface area (Å²) in [4.78, 5) is 0. The lowest BCUT2D eigenvalue weighted by atomic mass is 9.79. The first-order valence-corrected chi connectivity index (χ1v) is 5.33. The van der Waals surface area contributed by atoms with Crippen molar-refractivity contribution in [2.45, 2.75) is 6.10 Å². The highest BCUT2D eigenvalue weighted by molar-refractivity contribution is 6.61. The van der Waals surface area contributed by atoms with Crippen molar-refractivity contribution in [1.82, 2.24) is 0 Å². The number of hydrogen-bond acceptors (Lipinski definition) is 2. The van der Waals surface area contributed by atoms with Crippen LogP contribution in [0.15, 0.2) is 54.6 Å². The van der Waals surface area contributed by atoms with Crippen LogP contribution in [0.5, 0.6) is 0 Å². The average molecular weight is 210 g/mol. The van der Waals surface area contributed by atoms with Gasteiger partial charge in [0.15, 0.2) is 0 Å². The molecule has 1 N–H and O–H groups in total. The van der Waals surface area contributed by atoms with Gasteiger partial charge in [-0.25, -0.2) is 0 Å². The monoisotopic (exact) mass is 210 g/mol. The molecule has 2 nitrogen and oxygen atoms in total. The molecule has 0 bridgehead atoms. The quantitative estimate of drug-likeness (QED) is 0.722. The predicted molar refractivity (Wildman–Crippen MR) is 63.4 cm³/mol. The molecule has 0 saturated heterocycles. The van der Waals surface area contributed by atoms with Gasteiger partial charge in [-0.15, -0.1) is 0 Å². The molecule has 2 aromatic carbocycles. The fraction of sp³-hybridized carbons (Fsp3) is 0.0769. The third-order valence-electron chi connectivity index (χ3n) is 2.91. The zero-order chi connectivity index (χ0) is 11.0. The van der Waals surface area contributed by atoms with Crippen LogP contribution in [-0.2, 0) is 4.65 Å². The van der Waals surface area contributed by atoms with Gasteiger partial charge >= 0.3 is 7.12 Å². The van der Waals surface area contributed by atoms with E-state index in [1.807, 2.05) is 54.6 Å². The first-order valence-electron chi connectivity index (χ1n) is 5.33. The van der Waals surface area contributed by atoms with Crippen LogP contribution in [0.4, 0.5) is 0 Å². The summed E-state index contributed by atoms with van der Waals surface area (Å²) in [7, 11) is -0.804. The van der Waals surface area contributed by atoms with Crippen molar-refractivity contribution in [3.63, 3.8) is 0 Å². The summed E-state index contributed by atoms with van der Waals surface area (Å²) in [5, 5.41) is 9.79. The Morgan fingerprint density at radius 3 is 2.44 bits per heavy atom. The summed E-state index contributed by atoms with van der Waals surface area (Å²) < 4.78 is 5.57. The SMILES string of the molecule is OB1O[C@H](c2ccccc2)c2ccccc21. The van der Waals surface area contributed by atoms with Crippen LogP contribution >= 0.6 is 0 Å². The van der Waals surface area contributed by atoms with Gasteiger partial charge in [0.25, 0.3) is 0 Å². The van der Waals surface area contributed by atoms with Gasteiger partial charge < -0.3 is 9.68 Å². The van der Waals surface area contributed by atoms with Gasteiger partial charge in [0.2, 0.25) is 0 Å². The number of fused-ring (bicyclic) bond motifs is 1. The van der Waals surface area contributed by atoms with Crippen LogP contribution < -0.4 is 5.46 Å². The molecule has 16 heavy (non-hydrogen) atoms. The molecule has 1 aliphatic heterocycles. The van der Waals surface area contributed by atoms with E-state index in [-0.39, 0.29) is 6.10 Å². The third-order valence-corrected chi connectivity index (χ3v) is 2.91. The Bertz CT molecular complexity index is 498. The highest BCUT2D eigenvalue weighted by Gasteiger charge is 2.35. The van der Waals surface area contributed by atoms with E-state index in [0.29, 0.717) is 0 Å². The van der Waals surface area contributed by atoms with Crippen LogP contribution in [0.3, 0.4) is 0 Å². The van der Waals surface area contributed by atoms with Crippen molar-refractivity contribution in [3.8, 4) is 0 Å². The normalized spacial score (nSPS) is 18.6. The van der Waals surface area contributed by atoms with E-state index in [2.05, 4.69) is 0 Å². The third kappa shape index (κ3) is 1.45. The van der Waals surface area contributed by atoms with E-state index in [1.54, 1.807) is 0 Å². The Labute approximate surface area is 94.6 Å². The van der Waals surface area contributed by atoms with Gasteiger partial charge in [0, 0.05) is 0 Å². The van der Waals surface area contributed by atoms with Crippen molar-refractivity contribution in [3.05, 3.63) is 65.7 Å². The van der Waals surface area contributed by atoms with E-state index < -0.39 is 7.12 Å². The summed E-state index contributed by atoms with van der Waals surface area (Å²) in [6, 6.07) is 17.7. The minimum absolute atomic E-state index is 0.146. The minimum atomic E-state index is -0.804. The van der Waals surface area contributed by atoms with E-state index in [0.717, 1.165) is 16.6 Å². The van der Waals surface area contributed by atoms with Gasteiger partial charge in [0.1, 0.15) is 0 Å². The second kappa shape index (κ2) is 3.78. The molecule has 1 atom stereocenters. The van der Waals surface area contributed by atoms with Crippen molar-refractivity contribution >= 4 is 12.6 Å². The molecular formula is C13H11BO2. The lowest BCUT2D eigenvalue weighted by molar-refractivity contribution is 0.226. The Kier molecular flexibility index (Phi) is 2.27. The van der Waals surface area contributed by atoms with Crippen LogP contribution in [0.2, 0.25) is 0 Å². The molecule has 3 rings (SSSR count). The molecule has 0 aromatic heterocycles. The topological polar surface area (TPSA) is 29.5 Å². The molecule has 0 fully saturated rings. The second-order valence-electron chi connectivity index (χ2n) is 3.91. The maximum atomic E-state index is 9.79. The van der Waals surface area contributed by atoms with Gasteiger partial charge in [-0.3, -0.25) is 0 Å². The summed E-state index contributed by atoms with van der Waals surface area (Å²) in [6.45, 7) is 0. The Hall–Kier alpha value is -1.58. The lowest BCUT2D eigenvalue weighted by Crippen LogP contribution is -2.27. The summed E-state index contributed by atoms with van der Waals surface area (Å²) in [5.74, 6) is 0. The highest BCUT2D eigenvalue weighted by Crippen LogP contribution is 2.29. The lowest BCUT2D eigenvalue weighted by Gasteiger charge is -2.12. The van der Waals surface area contributed by atoms with Crippen molar-refractivity contribution < 1.29 is 9.68 Å². The number of rotatable bonds is 1. The van der Waals surface area contributed by atoms with Crippen molar-refractivity contribution in [2.75, 3.05) is 0 Å².